The Balaban J connectivity index is 1.80. The zero-order valence-corrected chi connectivity index (χ0v) is 23.3. The van der Waals surface area contributed by atoms with Crippen molar-refractivity contribution in [1.82, 2.24) is 10.6 Å². The summed E-state index contributed by atoms with van der Waals surface area (Å²) in [5.41, 5.74) is 2.31. The van der Waals surface area contributed by atoms with E-state index in [1.54, 1.807) is 63.8 Å². The SMILES string of the molecule is COc1ccc(CC(=O)NC(NC(=O)Cc2ccc(OC)cc2)c2ccc(OC)c(OCCC(C)C)c2)cc1. The molecule has 0 aliphatic carbocycles. The Morgan fingerprint density at radius 1 is 0.692 bits per heavy atom. The maximum Gasteiger partial charge on any atom is 0.226 e. The maximum absolute atomic E-state index is 13.1. The van der Waals surface area contributed by atoms with E-state index in [4.69, 9.17) is 18.9 Å². The second-order valence-electron chi connectivity index (χ2n) is 9.56. The van der Waals surface area contributed by atoms with Gasteiger partial charge < -0.3 is 29.6 Å². The highest BCUT2D eigenvalue weighted by Gasteiger charge is 2.20. The van der Waals surface area contributed by atoms with Gasteiger partial charge >= 0.3 is 0 Å². The van der Waals surface area contributed by atoms with E-state index in [0.717, 1.165) is 17.5 Å². The van der Waals surface area contributed by atoms with Gasteiger partial charge in [-0.05, 0) is 65.4 Å². The van der Waals surface area contributed by atoms with E-state index < -0.39 is 6.17 Å². The molecular formula is C31H38N2O6. The van der Waals surface area contributed by atoms with E-state index in [9.17, 15) is 9.59 Å². The van der Waals surface area contributed by atoms with E-state index in [1.807, 2.05) is 24.3 Å². The van der Waals surface area contributed by atoms with Crippen LogP contribution in [0.5, 0.6) is 23.0 Å². The third kappa shape index (κ3) is 9.25. The molecule has 8 heteroatoms. The fraction of sp³-hybridized carbons (Fsp3) is 0.355. The molecule has 0 spiro atoms. The minimum Gasteiger partial charge on any atom is -0.497 e. The van der Waals surface area contributed by atoms with Gasteiger partial charge in [-0.1, -0.05) is 44.2 Å². The van der Waals surface area contributed by atoms with E-state index in [-0.39, 0.29) is 24.7 Å². The number of carbonyl (C=O) groups excluding carboxylic acids is 2. The number of carbonyl (C=O) groups is 2. The highest BCUT2D eigenvalue weighted by molar-refractivity contribution is 5.82. The molecule has 0 unspecified atom stereocenters. The fourth-order valence-electron chi connectivity index (χ4n) is 3.87. The smallest absolute Gasteiger partial charge is 0.226 e. The molecule has 208 valence electrons. The Morgan fingerprint density at radius 3 is 1.64 bits per heavy atom. The van der Waals surface area contributed by atoms with Gasteiger partial charge in [0.15, 0.2) is 11.5 Å². The van der Waals surface area contributed by atoms with Gasteiger partial charge in [0.1, 0.15) is 17.7 Å². The van der Waals surface area contributed by atoms with E-state index in [2.05, 4.69) is 24.5 Å². The quantitative estimate of drug-likeness (QED) is 0.287. The second kappa shape index (κ2) is 14.7. The van der Waals surface area contributed by atoms with Crippen LogP contribution in [0.25, 0.3) is 0 Å². The Kier molecular flexibility index (Phi) is 11.0. The molecule has 0 saturated carbocycles. The molecule has 0 fully saturated rings. The van der Waals surface area contributed by atoms with Crippen molar-refractivity contribution in [2.75, 3.05) is 27.9 Å². The van der Waals surface area contributed by atoms with Crippen LogP contribution >= 0.6 is 0 Å². The molecule has 2 N–H and O–H groups in total. The van der Waals surface area contributed by atoms with Gasteiger partial charge in [-0.2, -0.15) is 0 Å². The lowest BCUT2D eigenvalue weighted by Crippen LogP contribution is -2.42. The van der Waals surface area contributed by atoms with Crippen molar-refractivity contribution in [3.8, 4) is 23.0 Å². The summed E-state index contributed by atoms with van der Waals surface area (Å²) in [5.74, 6) is 2.56. The molecule has 8 nitrogen and oxygen atoms in total. The third-order valence-corrected chi connectivity index (χ3v) is 6.13. The number of hydrogen-bond acceptors (Lipinski definition) is 6. The first-order valence-corrected chi connectivity index (χ1v) is 13.0. The molecule has 3 rings (SSSR count). The van der Waals surface area contributed by atoms with Crippen LogP contribution in [0.2, 0.25) is 0 Å². The van der Waals surface area contributed by atoms with Crippen molar-refractivity contribution in [3.05, 3.63) is 83.4 Å². The number of benzene rings is 3. The predicted molar refractivity (Wildman–Crippen MR) is 150 cm³/mol. The number of rotatable bonds is 14. The van der Waals surface area contributed by atoms with Crippen molar-refractivity contribution < 1.29 is 28.5 Å². The minimum absolute atomic E-state index is 0.142. The molecule has 3 aromatic carbocycles. The summed E-state index contributed by atoms with van der Waals surface area (Å²) in [6.45, 7) is 4.78. The molecule has 2 amide bonds. The van der Waals surface area contributed by atoms with Crippen LogP contribution in [-0.2, 0) is 22.4 Å². The molecule has 3 aromatic rings. The van der Waals surface area contributed by atoms with Gasteiger partial charge in [0.25, 0.3) is 0 Å². The summed E-state index contributed by atoms with van der Waals surface area (Å²) >= 11 is 0. The van der Waals surface area contributed by atoms with Gasteiger partial charge in [-0.25, -0.2) is 0 Å². The average Bonchev–Trinajstić information content (AvgIpc) is 2.93. The first kappa shape index (κ1) is 29.4. The lowest BCUT2D eigenvalue weighted by molar-refractivity contribution is -0.123. The molecule has 39 heavy (non-hydrogen) atoms. The zero-order chi connectivity index (χ0) is 28.2. The summed E-state index contributed by atoms with van der Waals surface area (Å²) in [6, 6.07) is 20.0. The predicted octanol–water partition coefficient (Wildman–Crippen LogP) is 4.85. The lowest BCUT2D eigenvalue weighted by Gasteiger charge is -2.22. The highest BCUT2D eigenvalue weighted by atomic mass is 16.5. The van der Waals surface area contributed by atoms with Gasteiger partial charge in [0.05, 0.1) is 40.8 Å². The van der Waals surface area contributed by atoms with Crippen LogP contribution in [0.15, 0.2) is 66.7 Å². The van der Waals surface area contributed by atoms with Crippen LogP contribution in [0.4, 0.5) is 0 Å². The van der Waals surface area contributed by atoms with Gasteiger partial charge in [0.2, 0.25) is 11.8 Å². The van der Waals surface area contributed by atoms with Crippen LogP contribution in [0, 0.1) is 5.92 Å². The van der Waals surface area contributed by atoms with Gasteiger partial charge in [0, 0.05) is 0 Å². The Labute approximate surface area is 230 Å². The average molecular weight is 535 g/mol. The summed E-state index contributed by atoms with van der Waals surface area (Å²) in [7, 11) is 4.77. The molecule has 0 aliphatic heterocycles. The maximum atomic E-state index is 13.1. The summed E-state index contributed by atoms with van der Waals surface area (Å²) in [6.07, 6.45) is 0.388. The number of methoxy groups -OCH3 is 3. The summed E-state index contributed by atoms with van der Waals surface area (Å²) in [5, 5.41) is 5.93. The third-order valence-electron chi connectivity index (χ3n) is 6.13. The number of ether oxygens (including phenoxy) is 4. The molecule has 0 saturated heterocycles. The van der Waals surface area contributed by atoms with Crippen molar-refractivity contribution in [2.45, 2.75) is 39.3 Å². The number of hydrogen-bond donors (Lipinski definition) is 2. The van der Waals surface area contributed by atoms with Crippen LogP contribution < -0.4 is 29.6 Å². The van der Waals surface area contributed by atoms with Gasteiger partial charge in [-0.15, -0.1) is 0 Å². The van der Waals surface area contributed by atoms with Crippen LogP contribution in [0.3, 0.4) is 0 Å². The van der Waals surface area contributed by atoms with Crippen molar-refractivity contribution in [1.29, 1.82) is 0 Å². The molecule has 0 aromatic heterocycles. The fourth-order valence-corrected chi connectivity index (χ4v) is 3.87. The largest absolute Gasteiger partial charge is 0.497 e. The van der Waals surface area contributed by atoms with Crippen molar-refractivity contribution in [2.24, 2.45) is 5.92 Å². The molecular weight excluding hydrogens is 496 g/mol. The summed E-state index contributed by atoms with van der Waals surface area (Å²) in [4.78, 5) is 26.1. The van der Waals surface area contributed by atoms with E-state index in [0.29, 0.717) is 41.1 Å². The van der Waals surface area contributed by atoms with E-state index >= 15 is 0 Å². The lowest BCUT2D eigenvalue weighted by atomic mass is 10.1. The van der Waals surface area contributed by atoms with Crippen LogP contribution in [-0.4, -0.2) is 39.8 Å². The Hall–Kier alpha value is -4.20. The molecule has 0 bridgehead atoms. The Morgan fingerprint density at radius 2 is 1.21 bits per heavy atom. The normalized spacial score (nSPS) is 10.7. The standard InChI is InChI=1S/C31H38N2O6/c1-21(2)16-17-39-28-20-24(10-15-27(28)38-5)31(32-29(34)18-22-6-11-25(36-3)12-7-22)33-30(35)19-23-8-13-26(37-4)14-9-23/h6-15,20-21,31H,16-19H2,1-5H3,(H,32,34)(H,33,35). The molecule has 0 atom stereocenters. The summed E-state index contributed by atoms with van der Waals surface area (Å²) < 4.78 is 21.9. The highest BCUT2D eigenvalue weighted by Crippen LogP contribution is 2.30. The van der Waals surface area contributed by atoms with E-state index in [1.165, 1.54) is 0 Å². The van der Waals surface area contributed by atoms with Gasteiger partial charge in [-0.3, -0.25) is 9.59 Å². The minimum atomic E-state index is -0.778. The molecule has 0 aliphatic rings. The monoisotopic (exact) mass is 534 g/mol. The molecule has 0 heterocycles. The topological polar surface area (TPSA) is 95.1 Å². The second-order valence-corrected chi connectivity index (χ2v) is 9.56. The first-order chi connectivity index (χ1) is 18.8. The Bertz CT molecular complexity index is 1150. The number of nitrogens with one attached hydrogen (secondary N) is 2. The zero-order valence-electron chi connectivity index (χ0n) is 23.3. The van der Waals surface area contributed by atoms with Crippen molar-refractivity contribution >= 4 is 11.8 Å². The van der Waals surface area contributed by atoms with Crippen molar-refractivity contribution in [3.63, 3.8) is 0 Å². The first-order valence-electron chi connectivity index (χ1n) is 13.0. The number of amides is 2. The van der Waals surface area contributed by atoms with Crippen LogP contribution in [0.1, 0.15) is 43.1 Å². The molecule has 0 radical (unpaired) electrons.